The van der Waals surface area contributed by atoms with Gasteiger partial charge >= 0.3 is 5.97 Å². The summed E-state index contributed by atoms with van der Waals surface area (Å²) in [6.45, 7) is 3.54. The van der Waals surface area contributed by atoms with Crippen LogP contribution in [0.15, 0.2) is 30.3 Å². The van der Waals surface area contributed by atoms with Crippen molar-refractivity contribution >= 4 is 16.0 Å². The van der Waals surface area contributed by atoms with Gasteiger partial charge in [0.2, 0.25) is 10.0 Å². The molecule has 0 aliphatic rings. The molecular weight excluding hydrogens is 266 g/mol. The topological polar surface area (TPSA) is 83.5 Å². The van der Waals surface area contributed by atoms with Crippen LogP contribution in [-0.2, 0) is 20.6 Å². The molecule has 1 rings (SSSR count). The lowest BCUT2D eigenvalue weighted by Gasteiger charge is -2.20. The van der Waals surface area contributed by atoms with Crippen LogP contribution in [0, 0.1) is 5.92 Å². The SMILES string of the molecule is CC[C@H](C)[C@H](NS(=O)(=O)Cc1ccccc1)C(=O)O. The van der Waals surface area contributed by atoms with E-state index in [0.29, 0.717) is 12.0 Å². The molecule has 0 aliphatic carbocycles. The van der Waals surface area contributed by atoms with Crippen molar-refractivity contribution in [1.82, 2.24) is 4.72 Å². The van der Waals surface area contributed by atoms with E-state index in [1.807, 2.05) is 6.92 Å². The minimum atomic E-state index is -3.66. The highest BCUT2D eigenvalue weighted by Crippen LogP contribution is 2.11. The quantitative estimate of drug-likeness (QED) is 0.797. The molecule has 1 aromatic carbocycles. The van der Waals surface area contributed by atoms with Gasteiger partial charge in [-0.3, -0.25) is 4.79 Å². The minimum absolute atomic E-state index is 0.214. The van der Waals surface area contributed by atoms with Gasteiger partial charge in [-0.05, 0) is 11.5 Å². The lowest BCUT2D eigenvalue weighted by Crippen LogP contribution is -2.45. The van der Waals surface area contributed by atoms with Crippen molar-refractivity contribution in [2.24, 2.45) is 5.92 Å². The second-order valence-corrected chi connectivity index (χ2v) is 6.32. The van der Waals surface area contributed by atoms with Crippen LogP contribution in [0.3, 0.4) is 0 Å². The molecule has 0 amide bonds. The summed E-state index contributed by atoms with van der Waals surface area (Å²) < 4.78 is 26.2. The molecule has 0 heterocycles. The maximum atomic E-state index is 12.0. The van der Waals surface area contributed by atoms with Gasteiger partial charge in [-0.1, -0.05) is 50.6 Å². The number of rotatable bonds is 7. The Morgan fingerprint density at radius 2 is 1.89 bits per heavy atom. The highest BCUT2D eigenvalue weighted by Gasteiger charge is 2.28. The number of sulfonamides is 1. The van der Waals surface area contributed by atoms with Gasteiger partial charge in [0.25, 0.3) is 0 Å². The Morgan fingerprint density at radius 3 is 2.37 bits per heavy atom. The molecule has 6 heteroatoms. The largest absolute Gasteiger partial charge is 0.480 e. The summed E-state index contributed by atoms with van der Waals surface area (Å²) in [4.78, 5) is 11.1. The summed E-state index contributed by atoms with van der Waals surface area (Å²) in [7, 11) is -3.66. The number of benzene rings is 1. The van der Waals surface area contributed by atoms with E-state index in [-0.39, 0.29) is 11.7 Å². The van der Waals surface area contributed by atoms with Crippen molar-refractivity contribution in [2.45, 2.75) is 32.1 Å². The average molecular weight is 285 g/mol. The molecule has 19 heavy (non-hydrogen) atoms. The molecule has 0 spiro atoms. The third kappa shape index (κ3) is 5.00. The van der Waals surface area contributed by atoms with Crippen molar-refractivity contribution < 1.29 is 18.3 Å². The highest BCUT2D eigenvalue weighted by molar-refractivity contribution is 7.88. The van der Waals surface area contributed by atoms with Crippen molar-refractivity contribution in [1.29, 1.82) is 0 Å². The van der Waals surface area contributed by atoms with E-state index >= 15 is 0 Å². The monoisotopic (exact) mass is 285 g/mol. The number of nitrogens with one attached hydrogen (secondary N) is 1. The molecule has 1 aromatic rings. The predicted octanol–water partition coefficient (Wildman–Crippen LogP) is 1.61. The summed E-state index contributed by atoms with van der Waals surface area (Å²) in [5.41, 5.74) is 0.628. The fourth-order valence-electron chi connectivity index (χ4n) is 1.67. The molecule has 106 valence electrons. The van der Waals surface area contributed by atoms with E-state index in [1.165, 1.54) is 0 Å². The summed E-state index contributed by atoms with van der Waals surface area (Å²) >= 11 is 0. The third-order valence-electron chi connectivity index (χ3n) is 2.99. The van der Waals surface area contributed by atoms with Crippen molar-refractivity contribution in [3.63, 3.8) is 0 Å². The fraction of sp³-hybridized carbons (Fsp3) is 0.462. The van der Waals surface area contributed by atoms with Gasteiger partial charge < -0.3 is 5.11 Å². The first kappa shape index (κ1) is 15.7. The predicted molar refractivity (Wildman–Crippen MR) is 73.1 cm³/mol. The maximum Gasteiger partial charge on any atom is 0.322 e. The molecule has 2 atom stereocenters. The Balaban J connectivity index is 2.80. The van der Waals surface area contributed by atoms with Crippen LogP contribution < -0.4 is 4.72 Å². The molecule has 0 bridgehead atoms. The van der Waals surface area contributed by atoms with Gasteiger partial charge in [-0.2, -0.15) is 0 Å². The zero-order chi connectivity index (χ0) is 14.5. The number of hydrogen-bond acceptors (Lipinski definition) is 3. The summed E-state index contributed by atoms with van der Waals surface area (Å²) in [5.74, 6) is -1.62. The van der Waals surface area contributed by atoms with Crippen LogP contribution in [0.4, 0.5) is 0 Å². The Morgan fingerprint density at radius 1 is 1.32 bits per heavy atom. The molecular formula is C13H19NO4S. The van der Waals surface area contributed by atoms with Gasteiger partial charge in [0.05, 0.1) is 5.75 Å². The molecule has 5 nitrogen and oxygen atoms in total. The van der Waals surface area contributed by atoms with Crippen molar-refractivity contribution in [2.75, 3.05) is 0 Å². The number of hydrogen-bond donors (Lipinski definition) is 2. The van der Waals surface area contributed by atoms with Gasteiger partial charge in [0.1, 0.15) is 6.04 Å². The van der Waals surface area contributed by atoms with Crippen LogP contribution in [0.2, 0.25) is 0 Å². The summed E-state index contributed by atoms with van der Waals surface area (Å²) in [6, 6.07) is 7.58. The maximum absolute atomic E-state index is 12.0. The summed E-state index contributed by atoms with van der Waals surface area (Å²) in [6.07, 6.45) is 0.588. The number of carbonyl (C=O) groups is 1. The van der Waals surface area contributed by atoms with E-state index in [0.717, 1.165) is 0 Å². The van der Waals surface area contributed by atoms with Gasteiger partial charge in [0, 0.05) is 0 Å². The first-order valence-electron chi connectivity index (χ1n) is 6.12. The van der Waals surface area contributed by atoms with E-state index in [1.54, 1.807) is 37.3 Å². The molecule has 0 fully saturated rings. The lowest BCUT2D eigenvalue weighted by molar-refractivity contribution is -0.140. The van der Waals surface area contributed by atoms with Gasteiger partial charge in [-0.15, -0.1) is 0 Å². The third-order valence-corrected chi connectivity index (χ3v) is 4.31. The van der Waals surface area contributed by atoms with Crippen LogP contribution in [-0.4, -0.2) is 25.5 Å². The van der Waals surface area contributed by atoms with Crippen molar-refractivity contribution in [3.8, 4) is 0 Å². The zero-order valence-electron chi connectivity index (χ0n) is 11.0. The molecule has 0 saturated heterocycles. The van der Waals surface area contributed by atoms with Crippen LogP contribution in [0.1, 0.15) is 25.8 Å². The van der Waals surface area contributed by atoms with Crippen LogP contribution in [0.5, 0.6) is 0 Å². The molecule has 0 aromatic heterocycles. The molecule has 0 radical (unpaired) electrons. The fourth-order valence-corrected chi connectivity index (χ4v) is 3.11. The molecule has 0 aliphatic heterocycles. The smallest absolute Gasteiger partial charge is 0.322 e. The minimum Gasteiger partial charge on any atom is -0.480 e. The normalized spacial score (nSPS) is 14.8. The molecule has 0 saturated carbocycles. The lowest BCUT2D eigenvalue weighted by atomic mass is 10.0. The van der Waals surface area contributed by atoms with Gasteiger partial charge in [-0.25, -0.2) is 13.1 Å². The Labute approximate surface area is 113 Å². The average Bonchev–Trinajstić information content (AvgIpc) is 2.35. The summed E-state index contributed by atoms with van der Waals surface area (Å²) in [5, 5.41) is 9.08. The number of aliphatic carboxylic acids is 1. The molecule has 0 unspecified atom stereocenters. The van der Waals surface area contributed by atoms with E-state index in [9.17, 15) is 13.2 Å². The Hall–Kier alpha value is -1.40. The number of carboxylic acid groups (broad SMARTS) is 1. The highest BCUT2D eigenvalue weighted by atomic mass is 32.2. The second-order valence-electron chi connectivity index (χ2n) is 4.56. The first-order valence-corrected chi connectivity index (χ1v) is 7.77. The standard InChI is InChI=1S/C13H19NO4S/c1-3-10(2)12(13(15)16)14-19(17,18)9-11-7-5-4-6-8-11/h4-8,10,12,14H,3,9H2,1-2H3,(H,15,16)/t10-,12-/m0/s1. The molecule has 2 N–H and O–H groups in total. The zero-order valence-corrected chi connectivity index (χ0v) is 11.9. The van der Waals surface area contributed by atoms with Crippen LogP contribution >= 0.6 is 0 Å². The first-order chi connectivity index (χ1) is 8.85. The van der Waals surface area contributed by atoms with Crippen molar-refractivity contribution in [3.05, 3.63) is 35.9 Å². The number of carboxylic acids is 1. The second kappa shape index (κ2) is 6.68. The van der Waals surface area contributed by atoms with E-state index in [4.69, 9.17) is 5.11 Å². The van der Waals surface area contributed by atoms with Crippen LogP contribution in [0.25, 0.3) is 0 Å². The van der Waals surface area contributed by atoms with Gasteiger partial charge in [0.15, 0.2) is 0 Å². The van der Waals surface area contributed by atoms with E-state index in [2.05, 4.69) is 4.72 Å². The van der Waals surface area contributed by atoms with E-state index < -0.39 is 22.0 Å². The Kier molecular flexibility index (Phi) is 5.50. The Bertz CT molecular complexity index is 513.